The molecule has 0 aliphatic heterocycles. The van der Waals surface area contributed by atoms with E-state index in [0.717, 1.165) is 22.6 Å². The van der Waals surface area contributed by atoms with Crippen LogP contribution in [0.5, 0.6) is 5.75 Å². The Hall–Kier alpha value is -1.26. The molecule has 2 aromatic rings. The Labute approximate surface area is 105 Å². The second-order valence-electron chi connectivity index (χ2n) is 3.82. The van der Waals surface area contributed by atoms with Crippen molar-refractivity contribution in [2.45, 2.75) is 18.8 Å². The molecular formula is C12H15ClN2O2. The van der Waals surface area contributed by atoms with E-state index in [0.29, 0.717) is 6.54 Å². The molecule has 5 heteroatoms. The molecule has 1 N–H and O–H groups in total. The van der Waals surface area contributed by atoms with Gasteiger partial charge in [-0.3, -0.25) is 0 Å². The van der Waals surface area contributed by atoms with Crippen molar-refractivity contribution < 1.29 is 9.84 Å². The molecule has 2 rings (SSSR count). The van der Waals surface area contributed by atoms with Gasteiger partial charge in [0.05, 0.1) is 30.1 Å². The molecule has 0 spiro atoms. The molecule has 92 valence electrons. The van der Waals surface area contributed by atoms with Crippen molar-refractivity contribution in [3.05, 3.63) is 24.0 Å². The number of aliphatic hydroxyl groups is 1. The van der Waals surface area contributed by atoms with E-state index in [9.17, 15) is 0 Å². The Balaban J connectivity index is 2.61. The van der Waals surface area contributed by atoms with Crippen LogP contribution in [0.25, 0.3) is 11.0 Å². The highest BCUT2D eigenvalue weighted by Crippen LogP contribution is 2.26. The highest BCUT2D eigenvalue weighted by atomic mass is 35.5. The molecule has 0 aliphatic rings. The first-order valence-electron chi connectivity index (χ1n) is 5.46. The number of hydrogen-bond acceptors (Lipinski definition) is 3. The van der Waals surface area contributed by atoms with Crippen LogP contribution in [-0.4, -0.2) is 28.4 Å². The smallest absolute Gasteiger partial charge is 0.127 e. The number of halogens is 1. The standard InChI is InChI=1S/C12H15ClN2O2/c1-8(13)12-14-10-7-9(17-2)3-4-11(10)15(12)5-6-16/h3-4,7-8,16H,5-6H2,1-2H3. The molecule has 1 unspecified atom stereocenters. The van der Waals surface area contributed by atoms with E-state index in [1.54, 1.807) is 7.11 Å². The van der Waals surface area contributed by atoms with Crippen LogP contribution in [0.15, 0.2) is 18.2 Å². The van der Waals surface area contributed by atoms with Crippen LogP contribution in [0.2, 0.25) is 0 Å². The van der Waals surface area contributed by atoms with Gasteiger partial charge in [-0.25, -0.2) is 4.98 Å². The molecule has 1 heterocycles. The van der Waals surface area contributed by atoms with Crippen LogP contribution in [0.1, 0.15) is 18.1 Å². The van der Waals surface area contributed by atoms with Crippen molar-refractivity contribution in [3.63, 3.8) is 0 Å². The quantitative estimate of drug-likeness (QED) is 0.852. The molecule has 0 amide bonds. The summed E-state index contributed by atoms with van der Waals surface area (Å²) in [6.07, 6.45) is 0. The molecule has 0 saturated heterocycles. The van der Waals surface area contributed by atoms with Gasteiger partial charge in [0.15, 0.2) is 0 Å². The minimum absolute atomic E-state index is 0.0636. The monoisotopic (exact) mass is 254 g/mol. The predicted molar refractivity (Wildman–Crippen MR) is 67.6 cm³/mol. The van der Waals surface area contributed by atoms with Crippen LogP contribution in [0, 0.1) is 0 Å². The fraction of sp³-hybridized carbons (Fsp3) is 0.417. The van der Waals surface area contributed by atoms with Crippen LogP contribution < -0.4 is 4.74 Å². The summed E-state index contributed by atoms with van der Waals surface area (Å²) >= 11 is 6.09. The number of aliphatic hydroxyl groups excluding tert-OH is 1. The summed E-state index contributed by atoms with van der Waals surface area (Å²) in [7, 11) is 1.62. The van der Waals surface area contributed by atoms with Crippen molar-refractivity contribution in [2.24, 2.45) is 0 Å². The van der Waals surface area contributed by atoms with Gasteiger partial charge in [-0.1, -0.05) is 0 Å². The third-order valence-corrected chi connectivity index (χ3v) is 2.86. The average Bonchev–Trinajstić information content (AvgIpc) is 2.68. The van der Waals surface area contributed by atoms with E-state index in [-0.39, 0.29) is 12.0 Å². The number of aromatic nitrogens is 2. The van der Waals surface area contributed by atoms with Crippen molar-refractivity contribution in [3.8, 4) is 5.75 Å². The zero-order chi connectivity index (χ0) is 12.4. The third-order valence-electron chi connectivity index (χ3n) is 2.66. The van der Waals surface area contributed by atoms with Crippen molar-refractivity contribution in [2.75, 3.05) is 13.7 Å². The van der Waals surface area contributed by atoms with Crippen molar-refractivity contribution >= 4 is 22.6 Å². The normalized spacial score (nSPS) is 12.9. The lowest BCUT2D eigenvalue weighted by atomic mass is 10.3. The van der Waals surface area contributed by atoms with Crippen molar-refractivity contribution in [1.82, 2.24) is 9.55 Å². The van der Waals surface area contributed by atoms with E-state index in [4.69, 9.17) is 21.4 Å². The topological polar surface area (TPSA) is 47.3 Å². The summed E-state index contributed by atoms with van der Waals surface area (Å²) in [6.45, 7) is 2.43. The van der Waals surface area contributed by atoms with Crippen molar-refractivity contribution in [1.29, 1.82) is 0 Å². The Morgan fingerprint density at radius 1 is 1.53 bits per heavy atom. The summed E-state index contributed by atoms with van der Waals surface area (Å²) in [4.78, 5) is 4.48. The van der Waals surface area contributed by atoms with E-state index in [2.05, 4.69) is 4.98 Å². The Morgan fingerprint density at radius 2 is 2.29 bits per heavy atom. The summed E-state index contributed by atoms with van der Waals surface area (Å²) in [5, 5.41) is 8.89. The number of methoxy groups -OCH3 is 1. The fourth-order valence-electron chi connectivity index (χ4n) is 1.89. The zero-order valence-corrected chi connectivity index (χ0v) is 10.6. The fourth-order valence-corrected chi connectivity index (χ4v) is 2.06. The first-order valence-corrected chi connectivity index (χ1v) is 5.90. The van der Waals surface area contributed by atoms with Crippen LogP contribution >= 0.6 is 11.6 Å². The Morgan fingerprint density at radius 3 is 2.88 bits per heavy atom. The lowest BCUT2D eigenvalue weighted by Gasteiger charge is -2.08. The van der Waals surface area contributed by atoms with Gasteiger partial charge in [0.25, 0.3) is 0 Å². The van der Waals surface area contributed by atoms with Gasteiger partial charge in [0.2, 0.25) is 0 Å². The van der Waals surface area contributed by atoms with E-state index in [1.165, 1.54) is 0 Å². The number of fused-ring (bicyclic) bond motifs is 1. The molecule has 0 saturated carbocycles. The highest BCUT2D eigenvalue weighted by Gasteiger charge is 2.14. The molecule has 0 aliphatic carbocycles. The maximum absolute atomic E-state index is 9.09. The Kier molecular flexibility index (Phi) is 3.54. The first-order chi connectivity index (χ1) is 8.17. The number of ether oxygens (including phenoxy) is 1. The number of imidazole rings is 1. The molecule has 1 aromatic heterocycles. The van der Waals surface area contributed by atoms with Gasteiger partial charge in [-0.2, -0.15) is 0 Å². The summed E-state index contributed by atoms with van der Waals surface area (Å²) in [6, 6.07) is 5.67. The molecule has 1 atom stereocenters. The average molecular weight is 255 g/mol. The predicted octanol–water partition coefficient (Wildman–Crippen LogP) is 2.34. The number of rotatable bonds is 4. The number of nitrogens with zero attached hydrogens (tertiary/aromatic N) is 2. The second-order valence-corrected chi connectivity index (χ2v) is 4.47. The molecule has 4 nitrogen and oxygen atoms in total. The van der Waals surface area contributed by atoms with E-state index in [1.807, 2.05) is 29.7 Å². The van der Waals surface area contributed by atoms with Gasteiger partial charge in [-0.05, 0) is 19.1 Å². The maximum atomic E-state index is 9.09. The highest BCUT2D eigenvalue weighted by molar-refractivity contribution is 6.20. The minimum atomic E-state index is -0.194. The molecular weight excluding hydrogens is 240 g/mol. The minimum Gasteiger partial charge on any atom is -0.497 e. The van der Waals surface area contributed by atoms with Crippen LogP contribution in [-0.2, 0) is 6.54 Å². The molecule has 0 bridgehead atoms. The Bertz CT molecular complexity index is 522. The summed E-state index contributed by atoms with van der Waals surface area (Å²) < 4.78 is 7.10. The van der Waals surface area contributed by atoms with Crippen LogP contribution in [0.3, 0.4) is 0 Å². The van der Waals surface area contributed by atoms with Gasteiger partial charge in [0.1, 0.15) is 11.6 Å². The number of benzene rings is 1. The second kappa shape index (κ2) is 4.94. The van der Waals surface area contributed by atoms with Gasteiger partial charge in [-0.15, -0.1) is 11.6 Å². The number of hydrogen-bond donors (Lipinski definition) is 1. The summed E-state index contributed by atoms with van der Waals surface area (Å²) in [5.74, 6) is 1.53. The lowest BCUT2D eigenvalue weighted by Crippen LogP contribution is -2.07. The third kappa shape index (κ3) is 2.23. The van der Waals surface area contributed by atoms with Crippen LogP contribution in [0.4, 0.5) is 0 Å². The van der Waals surface area contributed by atoms with E-state index >= 15 is 0 Å². The number of alkyl halides is 1. The van der Waals surface area contributed by atoms with E-state index < -0.39 is 0 Å². The largest absolute Gasteiger partial charge is 0.497 e. The molecule has 1 aromatic carbocycles. The first kappa shape index (κ1) is 12.2. The molecule has 0 radical (unpaired) electrons. The molecule has 0 fully saturated rings. The van der Waals surface area contributed by atoms with Gasteiger partial charge in [0, 0.05) is 12.6 Å². The summed E-state index contributed by atoms with van der Waals surface area (Å²) in [5.41, 5.74) is 1.79. The van der Waals surface area contributed by atoms with Gasteiger partial charge < -0.3 is 14.4 Å². The van der Waals surface area contributed by atoms with Gasteiger partial charge >= 0.3 is 0 Å². The zero-order valence-electron chi connectivity index (χ0n) is 9.85. The SMILES string of the molecule is COc1ccc2c(c1)nc(C(C)Cl)n2CCO. The molecule has 17 heavy (non-hydrogen) atoms. The lowest BCUT2D eigenvalue weighted by molar-refractivity contribution is 0.276. The maximum Gasteiger partial charge on any atom is 0.127 e.